The average molecular weight is 591 g/mol. The molecule has 0 saturated heterocycles. The fourth-order valence-electron chi connectivity index (χ4n) is 3.34. The Morgan fingerprint density at radius 1 is 0.923 bits per heavy atom. The molecule has 2 amide bonds. The SMILES string of the molecule is CCOC(=O)c1sc(NC(=O)CSc2nnc(NC(=O)c3ccc(C(C)(C)C)cc3)s2)c(C(=O)OCC)c1C. The van der Waals surface area contributed by atoms with Gasteiger partial charge in [-0.25, -0.2) is 9.59 Å². The van der Waals surface area contributed by atoms with Crippen LogP contribution in [0.2, 0.25) is 0 Å². The van der Waals surface area contributed by atoms with Gasteiger partial charge in [-0.1, -0.05) is 56.0 Å². The quantitative estimate of drug-likeness (QED) is 0.177. The van der Waals surface area contributed by atoms with Crippen molar-refractivity contribution in [2.75, 3.05) is 29.6 Å². The van der Waals surface area contributed by atoms with E-state index in [2.05, 4.69) is 41.6 Å². The maximum absolute atomic E-state index is 12.7. The number of anilines is 2. The standard InChI is InChI=1S/C26H30N4O6S3/c1-7-35-22(33)18-14(3)19(23(34)36-8-2)38-21(18)27-17(31)13-37-25-30-29-24(39-25)28-20(32)15-9-11-16(12-10-15)26(4,5)6/h9-12H,7-8,13H2,1-6H3,(H,27,31)(H,28,29,32). The van der Waals surface area contributed by atoms with Gasteiger partial charge < -0.3 is 14.8 Å². The number of ether oxygens (including phenoxy) is 2. The summed E-state index contributed by atoms with van der Waals surface area (Å²) in [5, 5.41) is 13.9. The highest BCUT2D eigenvalue weighted by Crippen LogP contribution is 2.35. The van der Waals surface area contributed by atoms with Gasteiger partial charge >= 0.3 is 11.9 Å². The first-order valence-electron chi connectivity index (χ1n) is 12.1. The minimum absolute atomic E-state index is 0.0153. The van der Waals surface area contributed by atoms with Gasteiger partial charge in [0.2, 0.25) is 11.0 Å². The molecule has 2 aromatic heterocycles. The number of rotatable bonds is 10. The molecule has 2 N–H and O–H groups in total. The summed E-state index contributed by atoms with van der Waals surface area (Å²) in [5.41, 5.74) is 2.12. The van der Waals surface area contributed by atoms with Crippen LogP contribution in [0.15, 0.2) is 28.6 Å². The van der Waals surface area contributed by atoms with E-state index in [1.807, 2.05) is 12.1 Å². The molecule has 0 aliphatic rings. The number of amides is 2. The van der Waals surface area contributed by atoms with E-state index < -0.39 is 17.8 Å². The van der Waals surface area contributed by atoms with Crippen molar-refractivity contribution < 1.29 is 28.7 Å². The molecule has 13 heteroatoms. The fraction of sp³-hybridized carbons (Fsp3) is 0.385. The zero-order valence-electron chi connectivity index (χ0n) is 22.5. The smallest absolute Gasteiger partial charge is 0.348 e. The number of nitrogens with one attached hydrogen (secondary N) is 2. The van der Waals surface area contributed by atoms with Crippen LogP contribution in [-0.4, -0.2) is 52.9 Å². The number of carbonyl (C=O) groups excluding carboxylic acids is 4. The molecule has 0 unspecified atom stereocenters. The van der Waals surface area contributed by atoms with Crippen molar-refractivity contribution in [2.24, 2.45) is 0 Å². The van der Waals surface area contributed by atoms with Crippen LogP contribution >= 0.6 is 34.4 Å². The van der Waals surface area contributed by atoms with E-state index in [9.17, 15) is 19.2 Å². The van der Waals surface area contributed by atoms with Crippen LogP contribution in [0.1, 0.15) is 76.1 Å². The lowest BCUT2D eigenvalue weighted by Gasteiger charge is -2.18. The number of nitrogens with zero attached hydrogens (tertiary/aromatic N) is 2. The Kier molecular flexibility index (Phi) is 10.2. The summed E-state index contributed by atoms with van der Waals surface area (Å²) in [5.74, 6) is -1.97. The van der Waals surface area contributed by atoms with Crippen LogP contribution in [0.5, 0.6) is 0 Å². The third-order valence-electron chi connectivity index (χ3n) is 5.31. The molecule has 0 atom stereocenters. The molecule has 10 nitrogen and oxygen atoms in total. The maximum Gasteiger partial charge on any atom is 0.348 e. The summed E-state index contributed by atoms with van der Waals surface area (Å²) in [6.45, 7) is 11.6. The molecule has 0 spiro atoms. The van der Waals surface area contributed by atoms with Crippen molar-refractivity contribution in [2.45, 2.75) is 51.3 Å². The maximum atomic E-state index is 12.7. The number of carbonyl (C=O) groups is 4. The van der Waals surface area contributed by atoms with Crippen molar-refractivity contribution in [3.8, 4) is 0 Å². The molecule has 2 heterocycles. The van der Waals surface area contributed by atoms with Crippen molar-refractivity contribution in [3.05, 3.63) is 51.4 Å². The Morgan fingerprint density at radius 2 is 1.56 bits per heavy atom. The number of aromatic nitrogens is 2. The van der Waals surface area contributed by atoms with Gasteiger partial charge in [0.1, 0.15) is 9.88 Å². The molecule has 3 aromatic rings. The third kappa shape index (κ3) is 7.87. The van der Waals surface area contributed by atoms with E-state index in [0.29, 0.717) is 20.6 Å². The second-order valence-electron chi connectivity index (χ2n) is 9.19. The summed E-state index contributed by atoms with van der Waals surface area (Å²) >= 11 is 3.22. The minimum atomic E-state index is -0.637. The Hall–Kier alpha value is -3.29. The van der Waals surface area contributed by atoms with Crippen LogP contribution < -0.4 is 10.6 Å². The van der Waals surface area contributed by atoms with Gasteiger partial charge in [-0.2, -0.15) is 0 Å². The second kappa shape index (κ2) is 13.2. The van der Waals surface area contributed by atoms with E-state index in [1.165, 1.54) is 0 Å². The summed E-state index contributed by atoms with van der Waals surface area (Å²) in [6, 6.07) is 7.38. The lowest BCUT2D eigenvalue weighted by atomic mass is 9.87. The monoisotopic (exact) mass is 590 g/mol. The number of thioether (sulfide) groups is 1. The first-order valence-corrected chi connectivity index (χ1v) is 14.7. The van der Waals surface area contributed by atoms with E-state index in [1.54, 1.807) is 32.9 Å². The molecule has 0 aliphatic heterocycles. The highest BCUT2D eigenvalue weighted by Gasteiger charge is 2.27. The van der Waals surface area contributed by atoms with Crippen molar-refractivity contribution >= 4 is 68.3 Å². The highest BCUT2D eigenvalue weighted by atomic mass is 32.2. The van der Waals surface area contributed by atoms with Gasteiger partial charge in [-0.3, -0.25) is 14.9 Å². The lowest BCUT2D eigenvalue weighted by Crippen LogP contribution is -2.16. The first kappa shape index (κ1) is 30.3. The fourth-order valence-corrected chi connectivity index (χ4v) is 5.99. The second-order valence-corrected chi connectivity index (χ2v) is 12.4. The number of esters is 2. The van der Waals surface area contributed by atoms with E-state index >= 15 is 0 Å². The predicted molar refractivity (Wildman–Crippen MR) is 153 cm³/mol. The number of hydrogen-bond acceptors (Lipinski definition) is 11. The average Bonchev–Trinajstić information content (AvgIpc) is 3.46. The summed E-state index contributed by atoms with van der Waals surface area (Å²) < 4.78 is 10.6. The molecule has 208 valence electrons. The normalized spacial score (nSPS) is 11.1. The zero-order chi connectivity index (χ0) is 28.7. The zero-order valence-corrected chi connectivity index (χ0v) is 24.9. The summed E-state index contributed by atoms with van der Waals surface area (Å²) in [4.78, 5) is 50.3. The summed E-state index contributed by atoms with van der Waals surface area (Å²) in [6.07, 6.45) is 0. The molecule has 0 bridgehead atoms. The van der Waals surface area contributed by atoms with E-state index in [4.69, 9.17) is 9.47 Å². The van der Waals surface area contributed by atoms with Crippen LogP contribution in [0.25, 0.3) is 0 Å². The van der Waals surface area contributed by atoms with Crippen molar-refractivity contribution in [1.82, 2.24) is 10.2 Å². The minimum Gasteiger partial charge on any atom is -0.462 e. The van der Waals surface area contributed by atoms with Gasteiger partial charge in [0.25, 0.3) is 5.91 Å². The van der Waals surface area contributed by atoms with E-state index in [0.717, 1.165) is 40.0 Å². The Bertz CT molecular complexity index is 1360. The summed E-state index contributed by atoms with van der Waals surface area (Å²) in [7, 11) is 0. The van der Waals surface area contributed by atoms with Gasteiger partial charge in [0, 0.05) is 5.56 Å². The highest BCUT2D eigenvalue weighted by molar-refractivity contribution is 8.01. The Labute approximate surface area is 238 Å². The molecule has 0 radical (unpaired) electrons. The van der Waals surface area contributed by atoms with Gasteiger partial charge in [0.15, 0.2) is 4.34 Å². The number of benzene rings is 1. The molecule has 39 heavy (non-hydrogen) atoms. The van der Waals surface area contributed by atoms with Crippen molar-refractivity contribution in [1.29, 1.82) is 0 Å². The first-order chi connectivity index (χ1) is 18.4. The lowest BCUT2D eigenvalue weighted by molar-refractivity contribution is -0.113. The molecular formula is C26H30N4O6S3. The molecule has 0 fully saturated rings. The van der Waals surface area contributed by atoms with Gasteiger partial charge in [-0.15, -0.1) is 21.5 Å². The topological polar surface area (TPSA) is 137 Å². The van der Waals surface area contributed by atoms with Crippen LogP contribution in [0.3, 0.4) is 0 Å². The molecular weight excluding hydrogens is 561 g/mol. The largest absolute Gasteiger partial charge is 0.462 e. The molecule has 1 aromatic carbocycles. The number of hydrogen-bond donors (Lipinski definition) is 2. The van der Waals surface area contributed by atoms with Crippen LogP contribution in [0, 0.1) is 6.92 Å². The molecule has 0 aliphatic carbocycles. The van der Waals surface area contributed by atoms with Gasteiger partial charge in [0.05, 0.1) is 24.5 Å². The Balaban J connectivity index is 1.62. The Morgan fingerprint density at radius 3 is 2.18 bits per heavy atom. The van der Waals surface area contributed by atoms with Crippen LogP contribution in [0.4, 0.5) is 10.1 Å². The predicted octanol–water partition coefficient (Wildman–Crippen LogP) is 5.54. The molecule has 3 rings (SSSR count). The third-order valence-corrected chi connectivity index (χ3v) is 8.47. The number of thiophene rings is 1. The van der Waals surface area contributed by atoms with Crippen LogP contribution in [-0.2, 0) is 19.7 Å². The molecule has 0 saturated carbocycles. The van der Waals surface area contributed by atoms with E-state index in [-0.39, 0.29) is 45.7 Å². The van der Waals surface area contributed by atoms with Gasteiger partial charge in [-0.05, 0) is 49.4 Å². The van der Waals surface area contributed by atoms with Crippen molar-refractivity contribution in [3.63, 3.8) is 0 Å².